The fourth-order valence-corrected chi connectivity index (χ4v) is 5.46. The van der Waals surface area contributed by atoms with Crippen LogP contribution in [0.5, 0.6) is 0 Å². The van der Waals surface area contributed by atoms with Gasteiger partial charge in [0.05, 0.1) is 11.6 Å². The van der Waals surface area contributed by atoms with Crippen molar-refractivity contribution in [1.29, 1.82) is 5.26 Å². The second kappa shape index (κ2) is 8.80. The quantitative estimate of drug-likeness (QED) is 0.624. The van der Waals surface area contributed by atoms with Gasteiger partial charge in [0.2, 0.25) is 0 Å². The summed E-state index contributed by atoms with van der Waals surface area (Å²) in [4.78, 5) is 31.6. The molecule has 0 aromatic carbocycles. The summed E-state index contributed by atoms with van der Waals surface area (Å²) in [6, 6.07) is 4.98. The zero-order valence-electron chi connectivity index (χ0n) is 20.0. The number of hydrogen-bond acceptors (Lipinski definition) is 8. The van der Waals surface area contributed by atoms with E-state index in [2.05, 4.69) is 30.7 Å². The van der Waals surface area contributed by atoms with E-state index in [4.69, 9.17) is 0 Å². The van der Waals surface area contributed by atoms with Crippen LogP contribution in [-0.4, -0.2) is 70.4 Å². The number of anilines is 3. The first-order valence-corrected chi connectivity index (χ1v) is 11.9. The molecule has 2 aromatic heterocycles. The number of carbonyl (C=O) groups is 1. The number of nitrogens with zero attached hydrogens (tertiary/aromatic N) is 7. The van der Waals surface area contributed by atoms with Crippen molar-refractivity contribution in [2.24, 2.45) is 0 Å². The van der Waals surface area contributed by atoms with Gasteiger partial charge in [0.1, 0.15) is 23.8 Å². The molecule has 0 bridgehead atoms. The molecular formula is C24H26F3N7O2. The Hall–Kier alpha value is -3.62. The molecule has 1 aliphatic carbocycles. The molecule has 1 saturated carbocycles. The van der Waals surface area contributed by atoms with Crippen molar-refractivity contribution >= 4 is 23.5 Å². The monoisotopic (exact) mass is 501 g/mol. The van der Waals surface area contributed by atoms with Crippen molar-refractivity contribution in [3.63, 3.8) is 0 Å². The molecule has 0 N–H and O–H groups in total. The maximum Gasteiger partial charge on any atom is 0.422 e. The third-order valence-corrected chi connectivity index (χ3v) is 7.37. The number of rotatable bonds is 3. The number of alkyl halides is 3. The minimum atomic E-state index is -4.57. The second-order valence-electron chi connectivity index (χ2n) is 9.80. The summed E-state index contributed by atoms with van der Waals surface area (Å²) in [5, 5.41) is 9.34. The maximum atomic E-state index is 12.5. The van der Waals surface area contributed by atoms with E-state index in [1.807, 2.05) is 11.8 Å². The van der Waals surface area contributed by atoms with Gasteiger partial charge >= 0.3 is 12.3 Å². The number of piperazine rings is 1. The fraction of sp³-hybridized carbons (Fsp3) is 0.542. The number of pyridine rings is 1. The van der Waals surface area contributed by atoms with E-state index in [1.54, 1.807) is 25.3 Å². The van der Waals surface area contributed by atoms with Gasteiger partial charge in [0.25, 0.3) is 0 Å². The Kier molecular flexibility index (Phi) is 5.89. The number of halogens is 3. The number of ether oxygens (including phenoxy) is 1. The first-order valence-electron chi connectivity index (χ1n) is 11.9. The lowest BCUT2D eigenvalue weighted by Gasteiger charge is -2.46. The van der Waals surface area contributed by atoms with Gasteiger partial charge in [-0.25, -0.2) is 19.7 Å². The minimum Gasteiger partial charge on any atom is -0.440 e. The van der Waals surface area contributed by atoms with Gasteiger partial charge < -0.3 is 19.4 Å². The molecule has 2 unspecified atom stereocenters. The minimum absolute atomic E-state index is 0.137. The molecule has 0 radical (unpaired) electrons. The number of hydrogen-bond donors (Lipinski definition) is 0. The zero-order chi connectivity index (χ0) is 25.7. The highest BCUT2D eigenvalue weighted by Gasteiger charge is 2.52. The number of carbonyl (C=O) groups excluding carboxylic acids is 1. The lowest BCUT2D eigenvalue weighted by Crippen LogP contribution is -2.59. The van der Waals surface area contributed by atoms with Crippen LogP contribution in [0.4, 0.5) is 35.4 Å². The first kappa shape index (κ1) is 24.1. The first-order chi connectivity index (χ1) is 17.1. The fourth-order valence-electron chi connectivity index (χ4n) is 5.46. The van der Waals surface area contributed by atoms with E-state index in [0.29, 0.717) is 24.5 Å². The lowest BCUT2D eigenvalue weighted by molar-refractivity contribution is -0.163. The smallest absolute Gasteiger partial charge is 0.422 e. The highest BCUT2D eigenvalue weighted by Crippen LogP contribution is 2.56. The number of fused-ring (bicyclic) bond motifs is 2. The molecule has 1 saturated heterocycles. The Balaban J connectivity index is 1.44. The summed E-state index contributed by atoms with van der Waals surface area (Å²) in [5.74, 6) is 2.19. The van der Waals surface area contributed by atoms with E-state index in [1.165, 1.54) is 11.2 Å². The van der Waals surface area contributed by atoms with E-state index >= 15 is 0 Å². The molecule has 5 rings (SSSR count). The molecule has 36 heavy (non-hydrogen) atoms. The molecular weight excluding hydrogens is 475 g/mol. The molecule has 3 aliphatic rings. The van der Waals surface area contributed by atoms with Crippen molar-refractivity contribution in [3.05, 3.63) is 35.8 Å². The van der Waals surface area contributed by atoms with Gasteiger partial charge in [-0.15, -0.1) is 0 Å². The van der Waals surface area contributed by atoms with Crippen molar-refractivity contribution in [2.45, 2.75) is 56.8 Å². The van der Waals surface area contributed by atoms with Gasteiger partial charge in [-0.2, -0.15) is 18.4 Å². The summed E-state index contributed by atoms with van der Waals surface area (Å²) in [6.07, 6.45) is 0.613. The molecule has 9 nitrogen and oxygen atoms in total. The van der Waals surface area contributed by atoms with Crippen molar-refractivity contribution < 1.29 is 22.7 Å². The van der Waals surface area contributed by atoms with Crippen LogP contribution < -0.4 is 9.80 Å². The van der Waals surface area contributed by atoms with Gasteiger partial charge in [-0.05, 0) is 38.8 Å². The number of aromatic nitrogens is 3. The van der Waals surface area contributed by atoms with Crippen LogP contribution in [0.15, 0.2) is 24.7 Å². The molecule has 2 fully saturated rings. The molecule has 1 spiro atoms. The largest absolute Gasteiger partial charge is 0.440 e. The van der Waals surface area contributed by atoms with Crippen LogP contribution in [0, 0.1) is 11.3 Å². The topological polar surface area (TPSA) is 98.5 Å². The maximum absolute atomic E-state index is 12.5. The zero-order valence-corrected chi connectivity index (χ0v) is 20.0. The Morgan fingerprint density at radius 1 is 1.19 bits per heavy atom. The predicted molar refractivity (Wildman–Crippen MR) is 124 cm³/mol. The SMILES string of the molecule is CC1CN(c2ncnc3c2C2(CCC2)CN3c2cc(C#N)ccn2)C(C)CN1C(=O)OCC(F)(F)F. The average Bonchev–Trinajstić information content (AvgIpc) is 3.20. The third kappa shape index (κ3) is 4.16. The summed E-state index contributed by atoms with van der Waals surface area (Å²) in [7, 11) is 0. The summed E-state index contributed by atoms with van der Waals surface area (Å²) >= 11 is 0. The molecule has 2 aromatic rings. The molecule has 190 valence electrons. The molecule has 2 aliphatic heterocycles. The number of nitriles is 1. The van der Waals surface area contributed by atoms with Crippen LogP contribution >= 0.6 is 0 Å². The average molecular weight is 502 g/mol. The van der Waals surface area contributed by atoms with Gasteiger partial charge in [-0.3, -0.25) is 0 Å². The summed E-state index contributed by atoms with van der Waals surface area (Å²) < 4.78 is 42.1. The van der Waals surface area contributed by atoms with E-state index in [9.17, 15) is 23.2 Å². The van der Waals surface area contributed by atoms with Crippen molar-refractivity contribution in [2.75, 3.05) is 36.0 Å². The van der Waals surface area contributed by atoms with Gasteiger partial charge in [0, 0.05) is 48.9 Å². The predicted octanol–water partition coefficient (Wildman–Crippen LogP) is 3.91. The molecule has 4 heterocycles. The Morgan fingerprint density at radius 3 is 2.61 bits per heavy atom. The second-order valence-corrected chi connectivity index (χ2v) is 9.80. The third-order valence-electron chi connectivity index (χ3n) is 7.37. The van der Waals surface area contributed by atoms with Crippen LogP contribution in [-0.2, 0) is 10.2 Å². The number of amides is 1. The van der Waals surface area contributed by atoms with E-state index in [0.717, 1.165) is 36.5 Å². The highest BCUT2D eigenvalue weighted by atomic mass is 19.4. The van der Waals surface area contributed by atoms with Crippen LogP contribution in [0.3, 0.4) is 0 Å². The van der Waals surface area contributed by atoms with Crippen LogP contribution in [0.2, 0.25) is 0 Å². The standard InChI is InChI=1S/C24H26F3N7O2/c1-15-11-33(22(35)36-13-24(25,26)27)16(2)10-32(15)20-19-21(31-14-30-20)34(12-23(19)5-3-6-23)18-8-17(9-28)4-7-29-18/h4,7-8,14-16H,3,5-6,10-13H2,1-2H3. The Bertz CT molecular complexity index is 1210. The lowest BCUT2D eigenvalue weighted by atomic mass is 9.66. The van der Waals surface area contributed by atoms with Crippen LogP contribution in [0.1, 0.15) is 44.2 Å². The highest BCUT2D eigenvalue weighted by molar-refractivity contribution is 5.75. The van der Waals surface area contributed by atoms with E-state index < -0.39 is 18.9 Å². The van der Waals surface area contributed by atoms with Gasteiger partial charge in [-0.1, -0.05) is 6.42 Å². The summed E-state index contributed by atoms with van der Waals surface area (Å²) in [6.45, 7) is 3.39. The molecule has 12 heteroatoms. The Labute approximate surface area is 206 Å². The molecule has 1 amide bonds. The summed E-state index contributed by atoms with van der Waals surface area (Å²) in [5.41, 5.74) is 1.41. The van der Waals surface area contributed by atoms with Crippen molar-refractivity contribution in [3.8, 4) is 6.07 Å². The van der Waals surface area contributed by atoms with Crippen molar-refractivity contribution in [1.82, 2.24) is 19.9 Å². The van der Waals surface area contributed by atoms with E-state index in [-0.39, 0.29) is 24.0 Å². The Morgan fingerprint density at radius 2 is 1.94 bits per heavy atom. The van der Waals surface area contributed by atoms with Gasteiger partial charge in [0.15, 0.2) is 6.61 Å². The van der Waals surface area contributed by atoms with Crippen LogP contribution in [0.25, 0.3) is 0 Å². The molecule has 2 atom stereocenters. The normalized spacial score (nSPS) is 22.7.